The van der Waals surface area contributed by atoms with Crippen molar-refractivity contribution in [2.24, 2.45) is 0 Å². The zero-order valence-corrected chi connectivity index (χ0v) is 14.8. The molecule has 0 aliphatic carbocycles. The van der Waals surface area contributed by atoms with E-state index in [1.165, 1.54) is 0 Å². The molecule has 0 spiro atoms. The molecule has 2 aromatic heterocycles. The predicted molar refractivity (Wildman–Crippen MR) is 103 cm³/mol. The zero-order valence-electron chi connectivity index (χ0n) is 14.0. The van der Waals surface area contributed by atoms with Gasteiger partial charge in [0.25, 0.3) is 5.91 Å². The number of benzene rings is 2. The molecule has 27 heavy (non-hydrogen) atoms. The second kappa shape index (κ2) is 6.37. The van der Waals surface area contributed by atoms with Gasteiger partial charge >= 0.3 is 0 Å². The quantitative estimate of drug-likeness (QED) is 0.577. The van der Waals surface area contributed by atoms with Gasteiger partial charge in [0.2, 0.25) is 6.79 Å². The lowest BCUT2D eigenvalue weighted by atomic mass is 10.1. The molecule has 7 heteroatoms. The smallest absolute Gasteiger partial charge is 0.255 e. The Morgan fingerprint density at radius 3 is 2.74 bits per heavy atom. The van der Waals surface area contributed by atoms with Gasteiger partial charge in [-0.2, -0.15) is 0 Å². The molecule has 0 atom stereocenters. The number of fused-ring (bicyclic) bond motifs is 2. The Morgan fingerprint density at radius 1 is 1.04 bits per heavy atom. The van der Waals surface area contributed by atoms with Crippen LogP contribution in [0.25, 0.3) is 20.9 Å². The monoisotopic (exact) mass is 375 g/mol. The van der Waals surface area contributed by atoms with Crippen LogP contribution in [0.3, 0.4) is 0 Å². The number of hydrogen-bond acceptors (Lipinski definition) is 6. The Hall–Kier alpha value is -3.45. The highest BCUT2D eigenvalue weighted by molar-refractivity contribution is 7.21. The fraction of sp³-hybridized carbons (Fsp3) is 0.0500. The number of aromatic nitrogens is 2. The fourth-order valence-electron chi connectivity index (χ4n) is 2.83. The lowest BCUT2D eigenvalue weighted by Crippen LogP contribution is -2.11. The van der Waals surface area contributed by atoms with E-state index in [0.29, 0.717) is 22.7 Å². The molecule has 0 fully saturated rings. The summed E-state index contributed by atoms with van der Waals surface area (Å²) >= 11 is 1.54. The lowest BCUT2D eigenvalue weighted by molar-refractivity contribution is 0.102. The van der Waals surface area contributed by atoms with Crippen molar-refractivity contribution in [1.82, 2.24) is 9.97 Å². The second-order valence-electron chi connectivity index (χ2n) is 5.95. The predicted octanol–water partition coefficient (Wildman–Crippen LogP) is 4.34. The van der Waals surface area contributed by atoms with Gasteiger partial charge in [-0.1, -0.05) is 11.3 Å². The first-order valence-corrected chi connectivity index (χ1v) is 9.11. The summed E-state index contributed by atoms with van der Waals surface area (Å²) in [5.41, 5.74) is 3.10. The Balaban J connectivity index is 1.35. The van der Waals surface area contributed by atoms with E-state index in [2.05, 4.69) is 15.3 Å². The first-order chi connectivity index (χ1) is 13.3. The van der Waals surface area contributed by atoms with Gasteiger partial charge in [-0.05, 0) is 54.6 Å². The molecular formula is C20H13N3O3S. The maximum absolute atomic E-state index is 12.5. The van der Waals surface area contributed by atoms with E-state index in [0.717, 1.165) is 20.9 Å². The average Bonchev–Trinajstić information content (AvgIpc) is 3.34. The minimum absolute atomic E-state index is 0.184. The van der Waals surface area contributed by atoms with E-state index in [1.54, 1.807) is 35.7 Å². The minimum Gasteiger partial charge on any atom is -0.454 e. The molecule has 0 unspecified atom stereocenters. The Kier molecular flexibility index (Phi) is 3.72. The highest BCUT2D eigenvalue weighted by Crippen LogP contribution is 2.33. The lowest BCUT2D eigenvalue weighted by Gasteiger charge is -2.06. The van der Waals surface area contributed by atoms with Crippen LogP contribution in [0, 0.1) is 0 Å². The average molecular weight is 375 g/mol. The Bertz CT molecular complexity index is 1120. The molecule has 0 bridgehead atoms. The van der Waals surface area contributed by atoms with Crippen molar-refractivity contribution < 1.29 is 14.3 Å². The Labute approximate surface area is 158 Å². The first kappa shape index (κ1) is 15.8. The standard InChI is InChI=1S/C20H13N3O3S/c24-18(13-5-8-16-17(10-13)26-11-25-16)22-14-6-3-12(4-7-14)19-23-15-2-1-9-21-20(15)27-19/h1-10H,11H2,(H,22,24). The largest absolute Gasteiger partial charge is 0.454 e. The molecule has 1 aliphatic rings. The third kappa shape index (κ3) is 2.98. The molecule has 2 aromatic carbocycles. The molecule has 0 saturated heterocycles. The van der Waals surface area contributed by atoms with Crippen LogP contribution in [0.4, 0.5) is 5.69 Å². The van der Waals surface area contributed by atoms with E-state index in [1.807, 2.05) is 36.4 Å². The fourth-order valence-corrected chi connectivity index (χ4v) is 3.74. The molecule has 6 nitrogen and oxygen atoms in total. The summed E-state index contributed by atoms with van der Waals surface area (Å²) < 4.78 is 10.6. The number of thiazole rings is 1. The van der Waals surface area contributed by atoms with Crippen LogP contribution in [0.5, 0.6) is 11.5 Å². The molecular weight excluding hydrogens is 362 g/mol. The van der Waals surface area contributed by atoms with E-state index >= 15 is 0 Å². The number of rotatable bonds is 3. The van der Waals surface area contributed by atoms with Gasteiger partial charge in [-0.15, -0.1) is 0 Å². The zero-order chi connectivity index (χ0) is 18.2. The molecule has 1 N–H and O–H groups in total. The van der Waals surface area contributed by atoms with Gasteiger partial charge in [0, 0.05) is 23.0 Å². The van der Waals surface area contributed by atoms with E-state index in [-0.39, 0.29) is 12.7 Å². The third-order valence-electron chi connectivity index (χ3n) is 4.19. The number of nitrogens with one attached hydrogen (secondary N) is 1. The molecule has 0 saturated carbocycles. The first-order valence-electron chi connectivity index (χ1n) is 8.29. The Morgan fingerprint density at radius 2 is 1.89 bits per heavy atom. The summed E-state index contributed by atoms with van der Waals surface area (Å²) in [6, 6.07) is 16.6. The molecule has 1 amide bonds. The van der Waals surface area contributed by atoms with E-state index in [9.17, 15) is 4.79 Å². The van der Waals surface area contributed by atoms with E-state index < -0.39 is 0 Å². The van der Waals surface area contributed by atoms with Crippen molar-refractivity contribution in [1.29, 1.82) is 0 Å². The summed E-state index contributed by atoms with van der Waals surface area (Å²) in [6.07, 6.45) is 1.76. The number of pyridine rings is 1. The molecule has 132 valence electrons. The number of ether oxygens (including phenoxy) is 2. The normalized spacial score (nSPS) is 12.3. The number of nitrogens with zero attached hydrogens (tertiary/aromatic N) is 2. The topological polar surface area (TPSA) is 73.3 Å². The van der Waals surface area contributed by atoms with Crippen molar-refractivity contribution in [2.45, 2.75) is 0 Å². The highest BCUT2D eigenvalue weighted by Gasteiger charge is 2.16. The summed E-state index contributed by atoms with van der Waals surface area (Å²) in [5.74, 6) is 1.04. The van der Waals surface area contributed by atoms with Gasteiger partial charge in [-0.3, -0.25) is 4.79 Å². The van der Waals surface area contributed by atoms with Crippen molar-refractivity contribution in [3.05, 3.63) is 66.4 Å². The minimum atomic E-state index is -0.203. The van der Waals surface area contributed by atoms with Crippen molar-refractivity contribution in [2.75, 3.05) is 12.1 Å². The maximum Gasteiger partial charge on any atom is 0.255 e. The van der Waals surface area contributed by atoms with Crippen LogP contribution in [-0.4, -0.2) is 22.7 Å². The van der Waals surface area contributed by atoms with E-state index in [4.69, 9.17) is 9.47 Å². The number of hydrogen-bond donors (Lipinski definition) is 1. The molecule has 3 heterocycles. The van der Waals surface area contributed by atoms with Gasteiger partial charge in [0.15, 0.2) is 11.5 Å². The van der Waals surface area contributed by atoms with Crippen LogP contribution < -0.4 is 14.8 Å². The van der Waals surface area contributed by atoms with Crippen LogP contribution in [0.1, 0.15) is 10.4 Å². The molecule has 4 aromatic rings. The number of carbonyl (C=O) groups is 1. The number of anilines is 1. The molecule has 1 aliphatic heterocycles. The summed E-state index contributed by atoms with van der Waals surface area (Å²) in [6.45, 7) is 0.184. The third-order valence-corrected chi connectivity index (χ3v) is 5.22. The van der Waals surface area contributed by atoms with Crippen LogP contribution in [0.15, 0.2) is 60.8 Å². The highest BCUT2D eigenvalue weighted by atomic mass is 32.1. The SMILES string of the molecule is O=C(Nc1ccc(-c2nc3cccnc3s2)cc1)c1ccc2c(c1)OCO2. The second-order valence-corrected chi connectivity index (χ2v) is 6.92. The maximum atomic E-state index is 12.5. The van der Waals surface area contributed by atoms with Gasteiger partial charge in [0.1, 0.15) is 15.4 Å². The van der Waals surface area contributed by atoms with Gasteiger partial charge in [-0.25, -0.2) is 9.97 Å². The van der Waals surface area contributed by atoms with Crippen LogP contribution >= 0.6 is 11.3 Å². The summed E-state index contributed by atoms with van der Waals surface area (Å²) in [4.78, 5) is 22.3. The molecule has 0 radical (unpaired) electrons. The van der Waals surface area contributed by atoms with Gasteiger partial charge < -0.3 is 14.8 Å². The van der Waals surface area contributed by atoms with Crippen molar-refractivity contribution in [3.8, 4) is 22.1 Å². The van der Waals surface area contributed by atoms with Crippen molar-refractivity contribution >= 4 is 33.3 Å². The van der Waals surface area contributed by atoms with Crippen molar-refractivity contribution in [3.63, 3.8) is 0 Å². The molecule has 5 rings (SSSR count). The summed E-state index contributed by atoms with van der Waals surface area (Å²) in [5, 5.41) is 3.79. The number of carbonyl (C=O) groups excluding carboxylic acids is 1. The van der Waals surface area contributed by atoms with Crippen LogP contribution in [-0.2, 0) is 0 Å². The van der Waals surface area contributed by atoms with Crippen LogP contribution in [0.2, 0.25) is 0 Å². The summed E-state index contributed by atoms with van der Waals surface area (Å²) in [7, 11) is 0. The number of amides is 1. The van der Waals surface area contributed by atoms with Gasteiger partial charge in [0.05, 0.1) is 0 Å².